The summed E-state index contributed by atoms with van der Waals surface area (Å²) >= 11 is 3.41. The molecule has 0 radical (unpaired) electrons. The van der Waals surface area contributed by atoms with E-state index in [2.05, 4.69) is 26.8 Å². The lowest BCUT2D eigenvalue weighted by Gasteiger charge is -2.21. The lowest BCUT2D eigenvalue weighted by Crippen LogP contribution is -2.23. The first-order chi connectivity index (χ1) is 6.69. The Morgan fingerprint density at radius 1 is 1.71 bits per heavy atom. The summed E-state index contributed by atoms with van der Waals surface area (Å²) < 4.78 is 0.906. The van der Waals surface area contributed by atoms with Crippen molar-refractivity contribution < 1.29 is 0 Å². The number of nitrogens with two attached hydrogens (primary N) is 1. The second-order valence-electron chi connectivity index (χ2n) is 2.78. The summed E-state index contributed by atoms with van der Waals surface area (Å²) in [7, 11) is 0. The number of anilines is 2. The summed E-state index contributed by atoms with van der Waals surface area (Å²) in [6.07, 6.45) is 6.96. The van der Waals surface area contributed by atoms with Crippen LogP contribution in [0.25, 0.3) is 0 Å². The van der Waals surface area contributed by atoms with E-state index in [4.69, 9.17) is 12.2 Å². The monoisotopic (exact) mass is 253 g/mol. The zero-order valence-corrected chi connectivity index (χ0v) is 9.58. The highest BCUT2D eigenvalue weighted by molar-refractivity contribution is 9.10. The molecule has 0 saturated heterocycles. The maximum Gasteiger partial charge on any atom is 0.125 e. The second kappa shape index (κ2) is 4.87. The fourth-order valence-electron chi connectivity index (χ4n) is 1.16. The van der Waals surface area contributed by atoms with Crippen molar-refractivity contribution in [1.82, 2.24) is 4.98 Å². The summed E-state index contributed by atoms with van der Waals surface area (Å²) in [6, 6.07) is 1.81. The van der Waals surface area contributed by atoms with Crippen molar-refractivity contribution >= 4 is 27.4 Å². The molecule has 1 aromatic rings. The van der Waals surface area contributed by atoms with Crippen LogP contribution in [0.1, 0.15) is 6.92 Å². The van der Waals surface area contributed by atoms with Gasteiger partial charge in [-0.3, -0.25) is 0 Å². The Morgan fingerprint density at radius 3 is 3.00 bits per heavy atom. The van der Waals surface area contributed by atoms with Crippen molar-refractivity contribution in [1.29, 1.82) is 0 Å². The molecule has 0 unspecified atom stereocenters. The molecular formula is C10H12BrN3. The molecule has 0 aliphatic rings. The summed E-state index contributed by atoms with van der Waals surface area (Å²) in [5.41, 5.74) is 6.59. The molecule has 0 bridgehead atoms. The molecule has 1 rings (SSSR count). The quantitative estimate of drug-likeness (QED) is 0.837. The van der Waals surface area contributed by atoms with Gasteiger partial charge in [0.1, 0.15) is 5.82 Å². The Bertz CT molecular complexity index is 357. The third-order valence-electron chi connectivity index (χ3n) is 1.86. The molecule has 0 amide bonds. The fourth-order valence-corrected chi connectivity index (χ4v) is 1.63. The Balaban J connectivity index is 3.03. The fraction of sp³-hybridized carbons (Fsp3) is 0.300. The van der Waals surface area contributed by atoms with E-state index in [1.165, 1.54) is 0 Å². The Morgan fingerprint density at radius 2 is 2.43 bits per heavy atom. The highest BCUT2D eigenvalue weighted by Crippen LogP contribution is 2.26. The third-order valence-corrected chi connectivity index (χ3v) is 2.47. The molecule has 0 aromatic carbocycles. The number of aromatic nitrogens is 1. The van der Waals surface area contributed by atoms with E-state index in [1.807, 2.05) is 17.9 Å². The molecular weight excluding hydrogens is 242 g/mol. The standard InChI is InChI=1S/C10H12BrN3/c1-3-5-14(4-2)9-6-10(12)13-7-8(9)11/h1,6-7H,4-5H2,2H3,(H2,12,13). The first-order valence-electron chi connectivity index (χ1n) is 4.28. The number of pyridine rings is 1. The Labute approximate surface area is 92.4 Å². The summed E-state index contributed by atoms with van der Waals surface area (Å²) in [6.45, 7) is 3.45. The number of hydrogen-bond donors (Lipinski definition) is 1. The van der Waals surface area contributed by atoms with Gasteiger partial charge in [-0.15, -0.1) is 6.42 Å². The van der Waals surface area contributed by atoms with Crippen LogP contribution in [0.4, 0.5) is 11.5 Å². The van der Waals surface area contributed by atoms with E-state index in [0.29, 0.717) is 12.4 Å². The predicted molar refractivity (Wildman–Crippen MR) is 63.1 cm³/mol. The summed E-state index contributed by atoms with van der Waals surface area (Å²) in [5.74, 6) is 3.11. The maximum atomic E-state index is 5.61. The molecule has 0 saturated carbocycles. The van der Waals surface area contributed by atoms with E-state index in [0.717, 1.165) is 16.7 Å². The van der Waals surface area contributed by atoms with Crippen molar-refractivity contribution in [3.63, 3.8) is 0 Å². The molecule has 3 nitrogen and oxygen atoms in total. The van der Waals surface area contributed by atoms with Gasteiger partial charge < -0.3 is 10.6 Å². The molecule has 2 N–H and O–H groups in total. The number of terminal acetylenes is 1. The lowest BCUT2D eigenvalue weighted by molar-refractivity contribution is 0.913. The van der Waals surface area contributed by atoms with Gasteiger partial charge in [-0.1, -0.05) is 5.92 Å². The van der Waals surface area contributed by atoms with Gasteiger partial charge in [0.2, 0.25) is 0 Å². The van der Waals surface area contributed by atoms with Crippen molar-refractivity contribution in [2.75, 3.05) is 23.7 Å². The minimum atomic E-state index is 0.499. The van der Waals surface area contributed by atoms with Crippen LogP contribution in [0.5, 0.6) is 0 Å². The van der Waals surface area contributed by atoms with E-state index < -0.39 is 0 Å². The van der Waals surface area contributed by atoms with E-state index in [1.54, 1.807) is 6.20 Å². The smallest absolute Gasteiger partial charge is 0.125 e. The molecule has 0 spiro atoms. The molecule has 0 aliphatic carbocycles. The van der Waals surface area contributed by atoms with Gasteiger partial charge in [0.05, 0.1) is 16.7 Å². The molecule has 1 aromatic heterocycles. The number of nitrogen functional groups attached to an aromatic ring is 1. The largest absolute Gasteiger partial charge is 0.384 e. The average molecular weight is 254 g/mol. The number of halogens is 1. The van der Waals surface area contributed by atoms with Crippen molar-refractivity contribution in [2.24, 2.45) is 0 Å². The number of rotatable bonds is 3. The van der Waals surface area contributed by atoms with Crippen LogP contribution in [0.3, 0.4) is 0 Å². The van der Waals surface area contributed by atoms with E-state index >= 15 is 0 Å². The van der Waals surface area contributed by atoms with Crippen molar-refractivity contribution in [2.45, 2.75) is 6.92 Å². The number of hydrogen-bond acceptors (Lipinski definition) is 3. The third kappa shape index (κ3) is 2.39. The summed E-state index contributed by atoms with van der Waals surface area (Å²) in [5, 5.41) is 0. The average Bonchev–Trinajstić information content (AvgIpc) is 2.18. The molecule has 0 fully saturated rings. The van der Waals surface area contributed by atoms with Crippen LogP contribution < -0.4 is 10.6 Å². The van der Waals surface area contributed by atoms with Crippen LogP contribution in [-0.4, -0.2) is 18.1 Å². The highest BCUT2D eigenvalue weighted by Gasteiger charge is 2.07. The van der Waals surface area contributed by atoms with Gasteiger partial charge in [0.25, 0.3) is 0 Å². The van der Waals surface area contributed by atoms with Gasteiger partial charge in [-0.2, -0.15) is 0 Å². The van der Waals surface area contributed by atoms with E-state index in [-0.39, 0.29) is 0 Å². The van der Waals surface area contributed by atoms with E-state index in [9.17, 15) is 0 Å². The van der Waals surface area contributed by atoms with Gasteiger partial charge in [-0.05, 0) is 22.9 Å². The molecule has 74 valence electrons. The zero-order valence-electron chi connectivity index (χ0n) is 8.00. The van der Waals surface area contributed by atoms with Crippen molar-refractivity contribution in [3.05, 3.63) is 16.7 Å². The molecule has 0 aliphatic heterocycles. The maximum absolute atomic E-state index is 5.61. The van der Waals surface area contributed by atoms with Crippen LogP contribution >= 0.6 is 15.9 Å². The zero-order chi connectivity index (χ0) is 10.6. The number of nitrogens with zero attached hydrogens (tertiary/aromatic N) is 2. The Hall–Kier alpha value is -1.21. The summed E-state index contributed by atoms with van der Waals surface area (Å²) in [4.78, 5) is 6.01. The van der Waals surface area contributed by atoms with Crippen LogP contribution in [-0.2, 0) is 0 Å². The normalized spacial score (nSPS) is 9.50. The minimum absolute atomic E-state index is 0.499. The van der Waals surface area contributed by atoms with Crippen molar-refractivity contribution in [3.8, 4) is 12.3 Å². The SMILES string of the molecule is C#CCN(CC)c1cc(N)ncc1Br. The van der Waals surface area contributed by atoms with Gasteiger partial charge >= 0.3 is 0 Å². The van der Waals surface area contributed by atoms with Crippen LogP contribution in [0.15, 0.2) is 16.7 Å². The van der Waals surface area contributed by atoms with Crippen LogP contribution in [0.2, 0.25) is 0 Å². The first-order valence-corrected chi connectivity index (χ1v) is 5.07. The predicted octanol–water partition coefficient (Wildman–Crippen LogP) is 1.89. The topological polar surface area (TPSA) is 42.1 Å². The van der Waals surface area contributed by atoms with Crippen LogP contribution in [0, 0.1) is 12.3 Å². The van der Waals surface area contributed by atoms with Gasteiger partial charge in [0.15, 0.2) is 0 Å². The lowest BCUT2D eigenvalue weighted by atomic mass is 10.3. The highest BCUT2D eigenvalue weighted by atomic mass is 79.9. The first kappa shape index (κ1) is 10.9. The Kier molecular flexibility index (Phi) is 3.78. The second-order valence-corrected chi connectivity index (χ2v) is 3.63. The molecule has 0 atom stereocenters. The molecule has 14 heavy (non-hydrogen) atoms. The molecule has 1 heterocycles. The molecule has 4 heteroatoms. The van der Waals surface area contributed by atoms with Gasteiger partial charge in [-0.25, -0.2) is 4.98 Å². The van der Waals surface area contributed by atoms with Gasteiger partial charge in [0, 0.05) is 18.8 Å². The minimum Gasteiger partial charge on any atom is -0.384 e.